The van der Waals surface area contributed by atoms with E-state index in [4.69, 9.17) is 11.6 Å². The molecule has 1 fully saturated rings. The molecule has 1 saturated carbocycles. The van der Waals surface area contributed by atoms with E-state index in [1.165, 1.54) is 32.1 Å². The largest absolute Gasteiger partial charge is 0.306 e. The van der Waals surface area contributed by atoms with Crippen LogP contribution in [0.5, 0.6) is 0 Å². The molecule has 1 aliphatic carbocycles. The molecule has 1 aliphatic rings. The number of nitrogens with one attached hydrogen (secondary N) is 1. The number of halogens is 1. The van der Waals surface area contributed by atoms with E-state index in [-0.39, 0.29) is 5.54 Å². The molecule has 0 aromatic carbocycles. The van der Waals surface area contributed by atoms with Crippen LogP contribution >= 0.6 is 11.6 Å². The molecule has 0 bridgehead atoms. The van der Waals surface area contributed by atoms with Gasteiger partial charge in [0, 0.05) is 19.1 Å². The van der Waals surface area contributed by atoms with E-state index >= 15 is 0 Å². The molecule has 1 aromatic heterocycles. The van der Waals surface area contributed by atoms with E-state index in [9.17, 15) is 0 Å². The first-order valence-corrected chi connectivity index (χ1v) is 7.39. The number of aromatic nitrogens is 2. The highest BCUT2D eigenvalue weighted by molar-refractivity contribution is 6.31. The highest BCUT2D eigenvalue weighted by Gasteiger charge is 2.26. The van der Waals surface area contributed by atoms with Crippen LogP contribution in [-0.2, 0) is 20.0 Å². The fourth-order valence-electron chi connectivity index (χ4n) is 2.82. The molecule has 0 unspecified atom stereocenters. The Morgan fingerprint density at radius 3 is 2.56 bits per heavy atom. The molecule has 18 heavy (non-hydrogen) atoms. The van der Waals surface area contributed by atoms with Gasteiger partial charge in [0.1, 0.15) is 0 Å². The van der Waals surface area contributed by atoms with Gasteiger partial charge in [0.2, 0.25) is 0 Å². The summed E-state index contributed by atoms with van der Waals surface area (Å²) in [5, 5.41) is 8.99. The number of aryl methyl sites for hydroxylation is 2. The van der Waals surface area contributed by atoms with Crippen LogP contribution < -0.4 is 5.32 Å². The zero-order valence-corrected chi connectivity index (χ0v) is 12.5. The van der Waals surface area contributed by atoms with Crippen molar-refractivity contribution in [2.45, 2.75) is 64.5 Å². The van der Waals surface area contributed by atoms with Crippen molar-refractivity contribution in [3.05, 3.63) is 16.4 Å². The van der Waals surface area contributed by atoms with Crippen LogP contribution in [0.4, 0.5) is 0 Å². The zero-order chi connectivity index (χ0) is 13.2. The lowest BCUT2D eigenvalue weighted by Crippen LogP contribution is -2.43. The summed E-state index contributed by atoms with van der Waals surface area (Å²) in [5.41, 5.74) is 2.39. The molecule has 0 aliphatic heterocycles. The van der Waals surface area contributed by atoms with Crippen molar-refractivity contribution in [2.75, 3.05) is 0 Å². The highest BCUT2D eigenvalue weighted by Crippen LogP contribution is 2.29. The summed E-state index contributed by atoms with van der Waals surface area (Å²) in [6, 6.07) is 0. The average Bonchev–Trinajstić information content (AvgIpc) is 2.63. The minimum Gasteiger partial charge on any atom is -0.306 e. The maximum absolute atomic E-state index is 6.37. The topological polar surface area (TPSA) is 29.9 Å². The predicted octanol–water partition coefficient (Wildman–Crippen LogP) is 3.45. The molecule has 102 valence electrons. The molecule has 0 atom stereocenters. The van der Waals surface area contributed by atoms with Crippen molar-refractivity contribution in [1.82, 2.24) is 15.1 Å². The fraction of sp³-hybridized carbons (Fsp3) is 0.786. The van der Waals surface area contributed by atoms with Gasteiger partial charge in [-0.2, -0.15) is 5.10 Å². The standard InChI is InChI=1S/C14H24ClN3/c1-4-11-13(15)12(18(3)17-11)10-16-14(2)8-6-5-7-9-14/h16H,4-10H2,1-3H3. The van der Waals surface area contributed by atoms with Crippen LogP contribution in [0.25, 0.3) is 0 Å². The minimum atomic E-state index is 0.276. The summed E-state index contributed by atoms with van der Waals surface area (Å²) in [6.45, 7) is 5.24. The van der Waals surface area contributed by atoms with Gasteiger partial charge in [-0.25, -0.2) is 0 Å². The minimum absolute atomic E-state index is 0.276. The third-order valence-corrected chi connectivity index (χ3v) is 4.58. The molecule has 0 saturated heterocycles. The van der Waals surface area contributed by atoms with Crippen molar-refractivity contribution in [1.29, 1.82) is 0 Å². The Balaban J connectivity index is 2.03. The molecule has 0 amide bonds. The average molecular weight is 270 g/mol. The van der Waals surface area contributed by atoms with Crippen LogP contribution in [0, 0.1) is 0 Å². The molecular weight excluding hydrogens is 246 g/mol. The lowest BCUT2D eigenvalue weighted by atomic mass is 9.83. The maximum atomic E-state index is 6.37. The van der Waals surface area contributed by atoms with Gasteiger partial charge in [-0.15, -0.1) is 0 Å². The van der Waals surface area contributed by atoms with Crippen molar-refractivity contribution in [3.63, 3.8) is 0 Å². The first-order valence-electron chi connectivity index (χ1n) is 7.01. The van der Waals surface area contributed by atoms with E-state index in [0.717, 1.165) is 29.4 Å². The Morgan fingerprint density at radius 1 is 1.33 bits per heavy atom. The summed E-state index contributed by atoms with van der Waals surface area (Å²) < 4.78 is 1.92. The monoisotopic (exact) mass is 269 g/mol. The van der Waals surface area contributed by atoms with Crippen molar-refractivity contribution in [2.24, 2.45) is 7.05 Å². The van der Waals surface area contributed by atoms with Crippen LogP contribution in [0.3, 0.4) is 0 Å². The van der Waals surface area contributed by atoms with Gasteiger partial charge in [-0.3, -0.25) is 4.68 Å². The van der Waals surface area contributed by atoms with E-state index in [0.29, 0.717) is 0 Å². The van der Waals surface area contributed by atoms with Crippen LogP contribution in [0.1, 0.15) is 57.3 Å². The second-order valence-corrected chi connectivity index (χ2v) is 6.04. The molecule has 0 radical (unpaired) electrons. The molecule has 1 aromatic rings. The quantitative estimate of drug-likeness (QED) is 0.907. The zero-order valence-electron chi connectivity index (χ0n) is 11.7. The van der Waals surface area contributed by atoms with Crippen molar-refractivity contribution in [3.8, 4) is 0 Å². The highest BCUT2D eigenvalue weighted by atomic mass is 35.5. The van der Waals surface area contributed by atoms with Gasteiger partial charge in [0.25, 0.3) is 0 Å². The molecule has 3 nitrogen and oxygen atoms in total. The number of nitrogens with zero attached hydrogens (tertiary/aromatic N) is 2. The Morgan fingerprint density at radius 2 is 2.00 bits per heavy atom. The molecule has 1 heterocycles. The van der Waals surface area contributed by atoms with E-state index < -0.39 is 0 Å². The first kappa shape index (κ1) is 13.9. The summed E-state index contributed by atoms with van der Waals surface area (Å²) in [5.74, 6) is 0. The third kappa shape index (κ3) is 2.89. The smallest absolute Gasteiger partial charge is 0.0863 e. The Labute approximate surface area is 115 Å². The van der Waals surface area contributed by atoms with Crippen molar-refractivity contribution >= 4 is 11.6 Å². The molecular formula is C14H24ClN3. The van der Waals surface area contributed by atoms with Gasteiger partial charge in [-0.05, 0) is 26.2 Å². The van der Waals surface area contributed by atoms with Gasteiger partial charge in [0.15, 0.2) is 0 Å². The van der Waals surface area contributed by atoms with Crippen molar-refractivity contribution < 1.29 is 0 Å². The van der Waals surface area contributed by atoms with Crippen LogP contribution in [0.15, 0.2) is 0 Å². The molecule has 0 spiro atoms. The Kier molecular flexibility index (Phi) is 4.33. The van der Waals surface area contributed by atoms with E-state index in [1.807, 2.05) is 11.7 Å². The molecule has 1 N–H and O–H groups in total. The van der Waals surface area contributed by atoms with Gasteiger partial charge < -0.3 is 5.32 Å². The van der Waals surface area contributed by atoms with E-state index in [1.54, 1.807) is 0 Å². The number of rotatable bonds is 4. The second kappa shape index (κ2) is 5.62. The lowest BCUT2D eigenvalue weighted by molar-refractivity contribution is 0.250. The SMILES string of the molecule is CCc1nn(C)c(CNC2(C)CCCCC2)c1Cl. The first-order chi connectivity index (χ1) is 8.56. The maximum Gasteiger partial charge on any atom is 0.0863 e. The number of hydrogen-bond acceptors (Lipinski definition) is 2. The fourth-order valence-corrected chi connectivity index (χ4v) is 3.18. The summed E-state index contributed by atoms with van der Waals surface area (Å²) in [4.78, 5) is 0. The summed E-state index contributed by atoms with van der Waals surface area (Å²) in [7, 11) is 1.98. The lowest BCUT2D eigenvalue weighted by Gasteiger charge is -2.34. The van der Waals surface area contributed by atoms with Crippen LogP contribution in [0.2, 0.25) is 5.02 Å². The molecule has 4 heteroatoms. The Hall–Kier alpha value is -0.540. The normalized spacial score (nSPS) is 19.1. The third-order valence-electron chi connectivity index (χ3n) is 4.14. The van der Waals surface area contributed by atoms with Gasteiger partial charge >= 0.3 is 0 Å². The molecule has 2 rings (SSSR count). The van der Waals surface area contributed by atoms with Gasteiger partial charge in [0.05, 0.1) is 16.4 Å². The van der Waals surface area contributed by atoms with Gasteiger partial charge in [-0.1, -0.05) is 37.8 Å². The second-order valence-electron chi connectivity index (χ2n) is 5.66. The Bertz CT molecular complexity index is 405. The summed E-state index contributed by atoms with van der Waals surface area (Å²) in [6.07, 6.45) is 7.48. The predicted molar refractivity (Wildman–Crippen MR) is 75.9 cm³/mol. The number of hydrogen-bond donors (Lipinski definition) is 1. The van der Waals surface area contributed by atoms with Crippen LogP contribution in [-0.4, -0.2) is 15.3 Å². The van der Waals surface area contributed by atoms with E-state index in [2.05, 4.69) is 24.3 Å². The summed E-state index contributed by atoms with van der Waals surface area (Å²) >= 11 is 6.37.